The number of hydrogen-bond donors (Lipinski definition) is 4. The van der Waals surface area contributed by atoms with Gasteiger partial charge in [-0.25, -0.2) is 4.57 Å². The third-order valence-electron chi connectivity index (χ3n) is 7.96. The van der Waals surface area contributed by atoms with Crippen molar-refractivity contribution < 1.29 is 79.0 Å². The van der Waals surface area contributed by atoms with Crippen LogP contribution in [-0.2, 0) is 53.4 Å². The van der Waals surface area contributed by atoms with Crippen molar-refractivity contribution in [2.75, 3.05) is 7.11 Å². The van der Waals surface area contributed by atoms with Crippen molar-refractivity contribution in [3.05, 3.63) is 257 Å². The zero-order chi connectivity index (χ0) is 73.7. The Morgan fingerprint density at radius 2 is 0.913 bits per heavy atom. The normalized spacial score (nSPS) is 7.92. The van der Waals surface area contributed by atoms with E-state index in [1.165, 1.54) is 105 Å². The second kappa shape index (κ2) is 82.2. The first-order chi connectivity index (χ1) is 42.2. The van der Waals surface area contributed by atoms with Gasteiger partial charge in [0.1, 0.15) is 31.3 Å². The van der Waals surface area contributed by atoms with Crippen molar-refractivity contribution in [2.24, 2.45) is 27.1 Å². The summed E-state index contributed by atoms with van der Waals surface area (Å²) in [7, 11) is 1.27. The topological polar surface area (TPSA) is 577 Å². The number of nitro groups is 4. The van der Waals surface area contributed by atoms with Crippen LogP contribution in [0.2, 0.25) is 0 Å². The van der Waals surface area contributed by atoms with Gasteiger partial charge >= 0.3 is 102 Å². The SMILES string of the molecule is CC(=O)C(C)C.CC(C)c1ccc([N+](=O)[O-])cn1.CC(C)c1ccc([N+](=O)[O-])cn1.CO.C[n+]1ccccc1.Cn1cc([N+](=O)[O-])cc([N+](=O)[O-])c1=O.Cn1ccccc1=O.O=S(=O)(O)O.O=[N+]([O-])O.[C-]#N.[C-]#N.[C-]#N.[C-]#N.[C-]#N.[C-]#N.[Fe+6].[K].[K][K].c1ccncc1. The van der Waals surface area contributed by atoms with Crippen molar-refractivity contribution in [1.82, 2.24) is 24.1 Å². The molecular formula is C51H62FeK3N17O19S+. The van der Waals surface area contributed by atoms with Crippen LogP contribution in [0, 0.1) is 127 Å². The Kier molecular flexibility index (Phi) is 103. The van der Waals surface area contributed by atoms with E-state index in [-0.39, 0.29) is 97.1 Å². The predicted molar refractivity (Wildman–Crippen MR) is 322 cm³/mol. The average molecular weight is 1420 g/mol. The molecule has 0 bridgehead atoms. The molecule has 1 radical (unpaired) electrons. The summed E-state index contributed by atoms with van der Waals surface area (Å²) in [6, 6.07) is 23.7. The summed E-state index contributed by atoms with van der Waals surface area (Å²) in [5, 5.41) is 99.3. The first kappa shape index (κ1) is 116. The molecule has 4 N–H and O–H groups in total. The van der Waals surface area contributed by atoms with E-state index >= 15 is 0 Å². The number of carbonyl (C=O) groups excluding carboxylic acids is 1. The van der Waals surface area contributed by atoms with Gasteiger partial charge in [-0.05, 0) is 49.1 Å². The molecule has 0 saturated heterocycles. The smallest absolute Gasteiger partial charge is 0.0267 e. The zero-order valence-corrected chi connectivity index (χ0v) is 63.5. The van der Waals surface area contributed by atoms with E-state index in [1.807, 2.05) is 108 Å². The van der Waals surface area contributed by atoms with Crippen LogP contribution < -0.4 is 15.7 Å². The molecule has 6 rings (SSSR count). The summed E-state index contributed by atoms with van der Waals surface area (Å²) < 4.78 is 35.9. The van der Waals surface area contributed by atoms with Gasteiger partial charge in [-0.2, -0.15) is 8.42 Å². The number of Topliss-reactive ketones (excluding diaryl/α,β-unsaturated/α-hetero) is 1. The van der Waals surface area contributed by atoms with Crippen molar-refractivity contribution in [2.45, 2.75) is 60.3 Å². The Morgan fingerprint density at radius 3 is 1.09 bits per heavy atom. The van der Waals surface area contributed by atoms with Crippen LogP contribution in [0.4, 0.5) is 22.7 Å². The van der Waals surface area contributed by atoms with E-state index in [0.29, 0.717) is 17.9 Å². The van der Waals surface area contributed by atoms with Crippen molar-refractivity contribution in [3.63, 3.8) is 0 Å². The van der Waals surface area contributed by atoms with Gasteiger partial charge < -0.3 is 90.5 Å². The number of hydrogen-bond acceptors (Lipinski definition) is 25. The monoisotopic (exact) mass is 1420 g/mol. The number of ketones is 1. The molecule has 6 heterocycles. The third-order valence-corrected chi connectivity index (χ3v) is 7.96. The van der Waals surface area contributed by atoms with Gasteiger partial charge in [0.15, 0.2) is 12.4 Å². The van der Waals surface area contributed by atoms with Gasteiger partial charge in [-0.15, -0.1) is 10.1 Å². The van der Waals surface area contributed by atoms with E-state index < -0.39 is 52.1 Å². The molecule has 92 heavy (non-hydrogen) atoms. The number of nitrogens with zero attached hydrogens (tertiary/aromatic N) is 17. The summed E-state index contributed by atoms with van der Waals surface area (Å²) in [6.45, 7) is 41.9. The Balaban J connectivity index is -0.0000000685. The van der Waals surface area contributed by atoms with Crippen molar-refractivity contribution >= 4 is 153 Å². The Labute approximate surface area is 629 Å². The van der Waals surface area contributed by atoms with E-state index in [2.05, 4.69) is 15.0 Å². The number of aryl methyl sites for hydroxylation is 3. The summed E-state index contributed by atoms with van der Waals surface area (Å²) in [5.74, 6) is 1.09. The number of aliphatic hydroxyl groups is 1. The molecule has 0 unspecified atom stereocenters. The molecule has 0 aliphatic heterocycles. The average Bonchev–Trinajstić information content (AvgIpc) is 0.946. The third kappa shape index (κ3) is 83.2. The fourth-order valence-corrected chi connectivity index (χ4v) is 3.91. The molecule has 6 aromatic heterocycles. The molecule has 41 heteroatoms. The van der Waals surface area contributed by atoms with Crippen LogP contribution in [0.1, 0.15) is 71.7 Å². The largest absolute Gasteiger partial charge is 0.265 e. The van der Waals surface area contributed by atoms with Gasteiger partial charge in [0.05, 0.1) is 25.9 Å². The molecule has 0 atom stereocenters. The van der Waals surface area contributed by atoms with Crippen LogP contribution in [-0.4, -0.2) is 204 Å². The first-order valence-electron chi connectivity index (χ1n) is 23.6. The van der Waals surface area contributed by atoms with Crippen LogP contribution in [0.3, 0.4) is 0 Å². The number of aliphatic hydroxyl groups excluding tert-OH is 1. The second-order valence-corrected chi connectivity index (χ2v) is 15.8. The van der Waals surface area contributed by atoms with E-state index in [9.17, 15) is 54.8 Å². The molecular weight excluding hydrogens is 1360 g/mol. The summed E-state index contributed by atoms with van der Waals surface area (Å²) in [6.07, 6.45) is 12.7. The van der Waals surface area contributed by atoms with Crippen LogP contribution in [0.15, 0.2) is 144 Å². The maximum absolute atomic E-state index is 11.1. The van der Waals surface area contributed by atoms with Crippen molar-refractivity contribution in [1.29, 1.82) is 31.6 Å². The predicted octanol–water partition coefficient (Wildman–Crippen LogP) is 5.68. The molecule has 0 aliphatic carbocycles. The molecule has 0 fully saturated rings. The Hall–Kier alpha value is -6.83. The minimum atomic E-state index is -4.67. The molecule has 0 spiro atoms. The van der Waals surface area contributed by atoms with Gasteiger partial charge in [0, 0.05) is 139 Å². The molecule has 481 valence electrons. The second-order valence-electron chi connectivity index (χ2n) is 14.9. The van der Waals surface area contributed by atoms with Crippen LogP contribution in [0.25, 0.3) is 0 Å². The zero-order valence-electron chi connectivity index (χ0n) is 52.2. The van der Waals surface area contributed by atoms with Crippen LogP contribution >= 0.6 is 0 Å². The summed E-state index contributed by atoms with van der Waals surface area (Å²) in [5.41, 5.74) is -0.298. The molecule has 0 saturated carbocycles. The fourth-order valence-electron chi connectivity index (χ4n) is 3.91. The summed E-state index contributed by atoms with van der Waals surface area (Å²) >= 11 is 2.50. The molecule has 0 amide bonds. The standard InChI is InChI=1S/2C8H10N2O2.C6H5N3O5.C6H7NO.C6H8N.C5H5N.C5H10O.6CN.CH4O.Fe.3K.HNO3.H2O4S/c2*1-6(2)8-4-3-7(5-9-8)10(11)12;1-7-3-4(8(11)12)2-5(6(7)10)9(13)14;1-7-5-3-2-4-6(7)8;1-7-5-3-2-4-6-7;1-2-4-6-5-3-1;1-4(2)5(3)6;7*1-2;;;;;2-1(3)4;1-5(2,3)4/h2*3-6H,1-2H3;2-3H,1H3;2-5H,1H3;2-6H,1H3;1-5H;4H,1-3H3;;;;;;;2H,1H3;;;;;(H,2,3,4);(H2,1,2,3,4)/q;;;;+1;;;6*-1;;+6;;;;;. The maximum atomic E-state index is 11.1. The van der Waals surface area contributed by atoms with E-state index in [0.717, 1.165) is 29.3 Å². The number of aromatic nitrogens is 6. The minimum Gasteiger partial charge on any atom is -0.265 e. The van der Waals surface area contributed by atoms with Gasteiger partial charge in [0.2, 0.25) is 5.56 Å². The van der Waals surface area contributed by atoms with Gasteiger partial charge in [-0.3, -0.25) is 78.9 Å². The Morgan fingerprint density at radius 1 is 0.598 bits per heavy atom. The van der Waals surface area contributed by atoms with Gasteiger partial charge in [-0.1, -0.05) is 59.7 Å². The van der Waals surface area contributed by atoms with E-state index in [4.69, 9.17) is 109 Å². The first-order valence-corrected chi connectivity index (χ1v) is 41.0. The summed E-state index contributed by atoms with van der Waals surface area (Å²) in [4.78, 5) is 90.3. The molecule has 0 aliphatic rings. The van der Waals surface area contributed by atoms with Crippen LogP contribution in [0.5, 0.6) is 0 Å². The molecule has 6 aromatic rings. The number of carbonyl (C=O) groups is 1. The number of rotatable bonds is 7. The number of pyridine rings is 6. The Bertz CT molecular complexity index is 3060. The molecule has 36 nitrogen and oxygen atoms in total. The maximum Gasteiger partial charge on any atom is 0.0267 e. The minimum absolute atomic E-state index is 0. The van der Waals surface area contributed by atoms with Crippen molar-refractivity contribution in [3.8, 4) is 0 Å². The molecule has 0 aromatic carbocycles. The van der Waals surface area contributed by atoms with E-state index in [1.54, 1.807) is 50.8 Å². The fraction of sp³-hybridized carbons (Fsp3) is 0.275. The van der Waals surface area contributed by atoms with Gasteiger partial charge in [0.25, 0.3) is 22.1 Å². The quantitative estimate of drug-likeness (QED) is 0.0373.